The number of carbonyl (C=O) groups excluding carboxylic acids is 2. The number of benzene rings is 1. The van der Waals surface area contributed by atoms with Gasteiger partial charge in [-0.15, -0.1) is 11.3 Å². The lowest BCUT2D eigenvalue weighted by atomic mass is 9.98. The number of amides is 2. The second-order valence-electron chi connectivity index (χ2n) is 5.85. The summed E-state index contributed by atoms with van der Waals surface area (Å²) >= 11 is 1.37. The molecule has 0 saturated carbocycles. The lowest BCUT2D eigenvalue weighted by Crippen LogP contribution is -2.41. The molecule has 0 atom stereocenters. The van der Waals surface area contributed by atoms with E-state index < -0.39 is 0 Å². The maximum absolute atomic E-state index is 12.2. The topological polar surface area (TPSA) is 49.4 Å². The molecule has 2 aromatic rings. The SMILES string of the molecule is Cc1ccc(C2=CCN(C(=O)CNC(=O)c3cccs3)CC2)cc1. The highest BCUT2D eigenvalue weighted by Crippen LogP contribution is 2.22. The van der Waals surface area contributed by atoms with Crippen LogP contribution in [0.3, 0.4) is 0 Å². The van der Waals surface area contributed by atoms with E-state index in [-0.39, 0.29) is 18.4 Å². The molecule has 2 heterocycles. The van der Waals surface area contributed by atoms with Gasteiger partial charge in [0.2, 0.25) is 5.91 Å². The zero-order valence-electron chi connectivity index (χ0n) is 13.6. The Labute approximate surface area is 145 Å². The lowest BCUT2D eigenvalue weighted by Gasteiger charge is -2.27. The molecule has 0 saturated heterocycles. The monoisotopic (exact) mass is 340 g/mol. The van der Waals surface area contributed by atoms with E-state index in [1.165, 1.54) is 28.0 Å². The van der Waals surface area contributed by atoms with Gasteiger partial charge in [0.1, 0.15) is 0 Å². The van der Waals surface area contributed by atoms with Crippen LogP contribution in [0.1, 0.15) is 27.2 Å². The quantitative estimate of drug-likeness (QED) is 0.930. The summed E-state index contributed by atoms with van der Waals surface area (Å²) in [5.74, 6) is -0.231. The predicted molar refractivity (Wildman–Crippen MR) is 97.0 cm³/mol. The first kappa shape index (κ1) is 16.5. The van der Waals surface area contributed by atoms with Crippen LogP contribution >= 0.6 is 11.3 Å². The molecule has 3 rings (SSSR count). The molecule has 1 N–H and O–H groups in total. The first-order valence-electron chi connectivity index (χ1n) is 7.99. The molecular weight excluding hydrogens is 320 g/mol. The maximum atomic E-state index is 12.2. The largest absolute Gasteiger partial charge is 0.342 e. The number of rotatable bonds is 4. The minimum absolute atomic E-state index is 0.0425. The average Bonchev–Trinajstić information content (AvgIpc) is 3.15. The normalized spacial score (nSPS) is 14.2. The van der Waals surface area contributed by atoms with Crippen LogP contribution in [0.15, 0.2) is 47.9 Å². The third-order valence-corrected chi connectivity index (χ3v) is 5.00. The van der Waals surface area contributed by atoms with Gasteiger partial charge in [0, 0.05) is 13.1 Å². The van der Waals surface area contributed by atoms with Gasteiger partial charge >= 0.3 is 0 Å². The van der Waals surface area contributed by atoms with Gasteiger partial charge < -0.3 is 10.2 Å². The Bertz CT molecular complexity index is 748. The number of thiophene rings is 1. The summed E-state index contributed by atoms with van der Waals surface area (Å²) in [4.78, 5) is 26.5. The highest BCUT2D eigenvalue weighted by Gasteiger charge is 2.18. The van der Waals surface area contributed by atoms with Crippen molar-refractivity contribution >= 4 is 28.7 Å². The van der Waals surface area contributed by atoms with Crippen molar-refractivity contribution in [3.8, 4) is 0 Å². The smallest absolute Gasteiger partial charge is 0.261 e. The van der Waals surface area contributed by atoms with Crippen LogP contribution < -0.4 is 5.32 Å². The van der Waals surface area contributed by atoms with E-state index in [1.807, 2.05) is 11.4 Å². The molecule has 124 valence electrons. The molecule has 0 radical (unpaired) electrons. The first-order valence-corrected chi connectivity index (χ1v) is 8.87. The van der Waals surface area contributed by atoms with Crippen LogP contribution in [-0.2, 0) is 4.79 Å². The summed E-state index contributed by atoms with van der Waals surface area (Å²) < 4.78 is 0. The number of aryl methyl sites for hydroxylation is 1. The van der Waals surface area contributed by atoms with E-state index in [2.05, 4.69) is 42.6 Å². The third-order valence-electron chi connectivity index (χ3n) is 4.13. The van der Waals surface area contributed by atoms with Gasteiger partial charge in [0.05, 0.1) is 11.4 Å². The van der Waals surface area contributed by atoms with Crippen LogP contribution in [0.25, 0.3) is 5.57 Å². The van der Waals surface area contributed by atoms with E-state index >= 15 is 0 Å². The summed E-state index contributed by atoms with van der Waals surface area (Å²) in [6.45, 7) is 3.40. The lowest BCUT2D eigenvalue weighted by molar-refractivity contribution is -0.129. The van der Waals surface area contributed by atoms with Gasteiger partial charge in [-0.3, -0.25) is 9.59 Å². The van der Waals surface area contributed by atoms with E-state index in [4.69, 9.17) is 0 Å². The van der Waals surface area contributed by atoms with Gasteiger partial charge in [-0.25, -0.2) is 0 Å². The van der Waals surface area contributed by atoms with Gasteiger partial charge in [0.25, 0.3) is 5.91 Å². The van der Waals surface area contributed by atoms with Crippen molar-refractivity contribution in [2.24, 2.45) is 0 Å². The zero-order chi connectivity index (χ0) is 16.9. The second kappa shape index (κ2) is 7.45. The molecule has 1 aliphatic rings. The Balaban J connectivity index is 1.53. The fraction of sp³-hybridized carbons (Fsp3) is 0.263. The molecule has 0 bridgehead atoms. The van der Waals surface area contributed by atoms with Gasteiger partial charge in [0.15, 0.2) is 0 Å². The molecule has 0 spiro atoms. The Kier molecular flexibility index (Phi) is 5.11. The summed E-state index contributed by atoms with van der Waals surface area (Å²) in [5.41, 5.74) is 3.74. The van der Waals surface area contributed by atoms with Crippen LogP contribution in [0, 0.1) is 6.92 Å². The summed E-state index contributed by atoms with van der Waals surface area (Å²) in [7, 11) is 0. The fourth-order valence-corrected chi connectivity index (χ4v) is 3.33. The van der Waals surface area contributed by atoms with Crippen molar-refractivity contribution in [3.63, 3.8) is 0 Å². The van der Waals surface area contributed by atoms with Crippen LogP contribution in [0.2, 0.25) is 0 Å². The van der Waals surface area contributed by atoms with Crippen molar-refractivity contribution in [2.45, 2.75) is 13.3 Å². The Morgan fingerprint density at radius 1 is 1.21 bits per heavy atom. The molecule has 1 aliphatic heterocycles. The van der Waals surface area contributed by atoms with Crippen LogP contribution in [0.4, 0.5) is 0 Å². The average molecular weight is 340 g/mol. The Morgan fingerprint density at radius 2 is 2.00 bits per heavy atom. The molecule has 4 nitrogen and oxygen atoms in total. The molecule has 0 aliphatic carbocycles. The molecule has 0 unspecified atom stereocenters. The summed E-state index contributed by atoms with van der Waals surface area (Å²) in [5, 5.41) is 4.54. The van der Waals surface area contributed by atoms with Crippen molar-refractivity contribution < 1.29 is 9.59 Å². The molecule has 24 heavy (non-hydrogen) atoms. The van der Waals surface area contributed by atoms with Crippen LogP contribution in [0.5, 0.6) is 0 Å². The van der Waals surface area contributed by atoms with Crippen molar-refractivity contribution in [1.29, 1.82) is 0 Å². The van der Waals surface area contributed by atoms with Gasteiger partial charge in [-0.2, -0.15) is 0 Å². The number of hydrogen-bond acceptors (Lipinski definition) is 3. The van der Waals surface area contributed by atoms with E-state index in [1.54, 1.807) is 11.0 Å². The predicted octanol–water partition coefficient (Wildman–Crippen LogP) is 3.10. The number of carbonyl (C=O) groups is 2. The second-order valence-corrected chi connectivity index (χ2v) is 6.79. The van der Waals surface area contributed by atoms with E-state index in [0.29, 0.717) is 18.0 Å². The van der Waals surface area contributed by atoms with Crippen molar-refractivity contribution in [2.75, 3.05) is 19.6 Å². The highest BCUT2D eigenvalue weighted by molar-refractivity contribution is 7.12. The van der Waals surface area contributed by atoms with E-state index in [0.717, 1.165) is 6.42 Å². The van der Waals surface area contributed by atoms with Gasteiger partial charge in [-0.05, 0) is 35.9 Å². The number of hydrogen-bond donors (Lipinski definition) is 1. The van der Waals surface area contributed by atoms with Crippen molar-refractivity contribution in [3.05, 3.63) is 63.9 Å². The minimum Gasteiger partial charge on any atom is -0.342 e. The maximum Gasteiger partial charge on any atom is 0.261 e. The molecular formula is C19H20N2O2S. The number of nitrogens with zero attached hydrogens (tertiary/aromatic N) is 1. The first-order chi connectivity index (χ1) is 11.6. The Hall–Kier alpha value is -2.40. The molecule has 1 aromatic heterocycles. The van der Waals surface area contributed by atoms with Crippen molar-refractivity contribution in [1.82, 2.24) is 10.2 Å². The number of nitrogens with one attached hydrogen (secondary N) is 1. The minimum atomic E-state index is -0.189. The molecule has 0 fully saturated rings. The third kappa shape index (κ3) is 3.92. The Morgan fingerprint density at radius 3 is 2.62 bits per heavy atom. The molecule has 5 heteroatoms. The van der Waals surface area contributed by atoms with E-state index in [9.17, 15) is 9.59 Å². The summed E-state index contributed by atoms with van der Waals surface area (Å²) in [6, 6.07) is 12.0. The fourth-order valence-electron chi connectivity index (χ4n) is 2.69. The zero-order valence-corrected chi connectivity index (χ0v) is 14.4. The highest BCUT2D eigenvalue weighted by atomic mass is 32.1. The van der Waals surface area contributed by atoms with Crippen LogP contribution in [-0.4, -0.2) is 36.3 Å². The molecule has 1 aromatic carbocycles. The summed E-state index contributed by atoms with van der Waals surface area (Å²) in [6.07, 6.45) is 2.95. The van der Waals surface area contributed by atoms with Gasteiger partial charge in [-0.1, -0.05) is 42.0 Å². The standard InChI is InChI=1S/C19H20N2O2S/c1-14-4-6-15(7-5-14)16-8-10-21(11-9-16)18(22)13-20-19(23)17-3-2-12-24-17/h2-8,12H,9-11,13H2,1H3,(H,20,23). The molecule has 2 amide bonds.